The molecular formula is C20H28N6O2. The van der Waals surface area contributed by atoms with Gasteiger partial charge in [-0.3, -0.25) is 9.59 Å². The van der Waals surface area contributed by atoms with Crippen LogP contribution in [0.15, 0.2) is 18.3 Å². The third-order valence-electron chi connectivity index (χ3n) is 5.08. The summed E-state index contributed by atoms with van der Waals surface area (Å²) in [5, 5.41) is 14.3. The maximum absolute atomic E-state index is 12.6. The van der Waals surface area contributed by atoms with Crippen molar-refractivity contribution in [1.82, 2.24) is 25.2 Å². The van der Waals surface area contributed by atoms with E-state index in [1.54, 1.807) is 17.9 Å². The average Bonchev–Trinajstić information content (AvgIpc) is 3.15. The van der Waals surface area contributed by atoms with Crippen molar-refractivity contribution in [2.75, 3.05) is 32.0 Å². The van der Waals surface area contributed by atoms with Crippen molar-refractivity contribution in [3.63, 3.8) is 0 Å². The van der Waals surface area contributed by atoms with Gasteiger partial charge in [0.25, 0.3) is 5.91 Å². The van der Waals surface area contributed by atoms with Gasteiger partial charge < -0.3 is 15.5 Å². The minimum atomic E-state index is -0.312. The number of carbonyl (C=O) groups is 2. The van der Waals surface area contributed by atoms with Crippen molar-refractivity contribution in [3.05, 3.63) is 40.7 Å². The number of amides is 2. The Labute approximate surface area is 165 Å². The summed E-state index contributed by atoms with van der Waals surface area (Å²) in [6, 6.07) is 4.31. The second-order valence-corrected chi connectivity index (χ2v) is 7.55. The van der Waals surface area contributed by atoms with Crippen LogP contribution < -0.4 is 10.6 Å². The lowest BCUT2D eigenvalue weighted by atomic mass is 10.1. The predicted octanol–water partition coefficient (Wildman–Crippen LogP) is 1.84. The van der Waals surface area contributed by atoms with E-state index in [0.717, 1.165) is 48.3 Å². The minimum absolute atomic E-state index is 0.0498. The highest BCUT2D eigenvalue weighted by Gasteiger charge is 2.22. The zero-order valence-electron chi connectivity index (χ0n) is 17.0. The van der Waals surface area contributed by atoms with E-state index in [0.29, 0.717) is 0 Å². The number of rotatable bonds is 5. The SMILES string of the molecule is Cc1cc(C)c(NC(=O)CN(C)C(=O)c2cn(C3CCNCC3)nn2)c(C)c1. The number of nitrogens with one attached hydrogen (secondary N) is 2. The normalized spacial score (nSPS) is 14.7. The van der Waals surface area contributed by atoms with Crippen molar-refractivity contribution in [3.8, 4) is 0 Å². The van der Waals surface area contributed by atoms with Crippen molar-refractivity contribution in [2.45, 2.75) is 39.7 Å². The molecule has 150 valence electrons. The molecule has 2 heterocycles. The third-order valence-corrected chi connectivity index (χ3v) is 5.08. The average molecular weight is 384 g/mol. The molecule has 3 rings (SSSR count). The molecule has 0 radical (unpaired) electrons. The Morgan fingerprint density at radius 1 is 1.21 bits per heavy atom. The fraction of sp³-hybridized carbons (Fsp3) is 0.500. The van der Waals surface area contributed by atoms with Gasteiger partial charge in [0.2, 0.25) is 5.91 Å². The Kier molecular flexibility index (Phi) is 6.08. The molecule has 0 bridgehead atoms. The summed E-state index contributed by atoms with van der Waals surface area (Å²) >= 11 is 0. The summed E-state index contributed by atoms with van der Waals surface area (Å²) in [5.41, 5.74) is 4.22. The largest absolute Gasteiger partial charge is 0.331 e. The van der Waals surface area contributed by atoms with Crippen molar-refractivity contribution < 1.29 is 9.59 Å². The number of likely N-dealkylation sites (N-methyl/N-ethyl adjacent to an activating group) is 1. The molecule has 1 fully saturated rings. The summed E-state index contributed by atoms with van der Waals surface area (Å²) in [4.78, 5) is 26.4. The van der Waals surface area contributed by atoms with Crippen LogP contribution in [0, 0.1) is 20.8 Å². The lowest BCUT2D eigenvalue weighted by Gasteiger charge is -2.22. The van der Waals surface area contributed by atoms with E-state index < -0.39 is 0 Å². The molecule has 0 aliphatic carbocycles. The quantitative estimate of drug-likeness (QED) is 0.821. The molecular weight excluding hydrogens is 356 g/mol. The second kappa shape index (κ2) is 8.52. The van der Waals surface area contributed by atoms with Gasteiger partial charge in [0.05, 0.1) is 18.8 Å². The first-order chi connectivity index (χ1) is 13.3. The molecule has 1 aromatic heterocycles. The summed E-state index contributed by atoms with van der Waals surface area (Å²) < 4.78 is 1.76. The highest BCUT2D eigenvalue weighted by Crippen LogP contribution is 2.22. The van der Waals surface area contributed by atoms with Crippen LogP contribution in [-0.4, -0.2) is 58.4 Å². The van der Waals surface area contributed by atoms with Gasteiger partial charge in [0.15, 0.2) is 5.69 Å². The van der Waals surface area contributed by atoms with Crippen LogP contribution in [0.25, 0.3) is 0 Å². The fourth-order valence-electron chi connectivity index (χ4n) is 3.66. The van der Waals surface area contributed by atoms with Crippen molar-refractivity contribution in [2.24, 2.45) is 0 Å². The fourth-order valence-corrected chi connectivity index (χ4v) is 3.66. The Morgan fingerprint density at radius 2 is 1.86 bits per heavy atom. The molecule has 0 saturated carbocycles. The van der Waals surface area contributed by atoms with Gasteiger partial charge in [-0.15, -0.1) is 5.10 Å². The molecule has 2 N–H and O–H groups in total. The number of nitrogens with zero attached hydrogens (tertiary/aromatic N) is 4. The van der Waals surface area contributed by atoms with E-state index in [2.05, 4.69) is 20.9 Å². The Bertz CT molecular complexity index is 846. The molecule has 1 aromatic carbocycles. The Balaban J connectivity index is 1.61. The molecule has 2 aromatic rings. The molecule has 1 saturated heterocycles. The van der Waals surface area contributed by atoms with Crippen LogP contribution in [-0.2, 0) is 4.79 Å². The highest BCUT2D eigenvalue weighted by atomic mass is 16.2. The van der Waals surface area contributed by atoms with Crippen molar-refractivity contribution >= 4 is 17.5 Å². The summed E-state index contributed by atoms with van der Waals surface area (Å²) in [6.45, 7) is 7.77. The number of hydrogen-bond acceptors (Lipinski definition) is 5. The lowest BCUT2D eigenvalue weighted by molar-refractivity contribution is -0.116. The monoisotopic (exact) mass is 384 g/mol. The van der Waals surface area contributed by atoms with Gasteiger partial charge in [-0.05, 0) is 57.8 Å². The van der Waals surface area contributed by atoms with Crippen LogP contribution in [0.5, 0.6) is 0 Å². The molecule has 1 aliphatic rings. The molecule has 28 heavy (non-hydrogen) atoms. The van der Waals surface area contributed by atoms with E-state index in [1.165, 1.54) is 4.90 Å². The first-order valence-corrected chi connectivity index (χ1v) is 9.61. The van der Waals surface area contributed by atoms with Crippen LogP contribution in [0.1, 0.15) is 46.1 Å². The summed E-state index contributed by atoms with van der Waals surface area (Å²) in [7, 11) is 1.60. The van der Waals surface area contributed by atoms with Crippen LogP contribution >= 0.6 is 0 Å². The number of benzene rings is 1. The smallest absolute Gasteiger partial charge is 0.276 e. The maximum Gasteiger partial charge on any atom is 0.276 e. The Morgan fingerprint density at radius 3 is 2.50 bits per heavy atom. The number of aromatic nitrogens is 3. The van der Waals surface area contributed by atoms with Crippen LogP contribution in [0.2, 0.25) is 0 Å². The molecule has 0 spiro atoms. The second-order valence-electron chi connectivity index (χ2n) is 7.55. The molecule has 8 nitrogen and oxygen atoms in total. The number of aryl methyl sites for hydroxylation is 3. The topological polar surface area (TPSA) is 92.2 Å². The van der Waals surface area contributed by atoms with Crippen molar-refractivity contribution in [1.29, 1.82) is 0 Å². The minimum Gasteiger partial charge on any atom is -0.331 e. The van der Waals surface area contributed by atoms with Crippen LogP contribution in [0.4, 0.5) is 5.69 Å². The van der Waals surface area contributed by atoms with E-state index in [9.17, 15) is 9.59 Å². The van der Waals surface area contributed by atoms with Gasteiger partial charge in [-0.25, -0.2) is 4.68 Å². The number of anilines is 1. The molecule has 8 heteroatoms. The van der Waals surface area contributed by atoms with E-state index in [-0.39, 0.29) is 30.1 Å². The zero-order valence-corrected chi connectivity index (χ0v) is 17.0. The van der Waals surface area contributed by atoms with Gasteiger partial charge in [0, 0.05) is 12.7 Å². The van der Waals surface area contributed by atoms with Gasteiger partial charge in [-0.1, -0.05) is 22.9 Å². The first kappa shape index (κ1) is 20.0. The maximum atomic E-state index is 12.6. The third kappa shape index (κ3) is 4.56. The lowest BCUT2D eigenvalue weighted by Crippen LogP contribution is -2.35. The Hall–Kier alpha value is -2.74. The molecule has 1 aliphatic heterocycles. The van der Waals surface area contributed by atoms with E-state index in [4.69, 9.17) is 0 Å². The number of carbonyl (C=O) groups excluding carboxylic acids is 2. The van der Waals surface area contributed by atoms with Crippen LogP contribution in [0.3, 0.4) is 0 Å². The standard InChI is InChI=1S/C20H28N6O2/c1-13-9-14(2)19(15(3)10-13)22-18(27)12-25(4)20(28)17-11-26(24-23-17)16-5-7-21-8-6-16/h9-11,16,21H,5-8,12H2,1-4H3,(H,22,27). The van der Waals surface area contributed by atoms with Gasteiger partial charge >= 0.3 is 0 Å². The van der Waals surface area contributed by atoms with E-state index in [1.807, 2.05) is 32.9 Å². The molecule has 0 atom stereocenters. The summed E-state index contributed by atoms with van der Waals surface area (Å²) in [5.74, 6) is -0.552. The zero-order chi connectivity index (χ0) is 20.3. The number of hydrogen-bond donors (Lipinski definition) is 2. The van der Waals surface area contributed by atoms with Gasteiger partial charge in [-0.2, -0.15) is 0 Å². The predicted molar refractivity (Wildman–Crippen MR) is 107 cm³/mol. The molecule has 2 amide bonds. The van der Waals surface area contributed by atoms with Gasteiger partial charge in [0.1, 0.15) is 0 Å². The number of piperidine rings is 1. The molecule has 0 unspecified atom stereocenters. The van der Waals surface area contributed by atoms with E-state index >= 15 is 0 Å². The highest BCUT2D eigenvalue weighted by molar-refractivity contribution is 5.98. The first-order valence-electron chi connectivity index (χ1n) is 9.61. The summed E-state index contributed by atoms with van der Waals surface area (Å²) in [6.07, 6.45) is 3.61.